The van der Waals surface area contributed by atoms with Crippen LogP contribution in [0.2, 0.25) is 0 Å². The van der Waals surface area contributed by atoms with Gasteiger partial charge in [0.2, 0.25) is 0 Å². The standard InChI is InChI=1S/C24H21FN6O2/c1-14-20-17(13-18(19-8-5-11-33-19)27-22(20)31(3)29-14)24(32)28-21(23-26-9-10-30(23)2)15-6-4-7-16(25)12-15/h4-13,21H,1-3H3,(H,28,32)/t21-/m1/s1. The molecule has 1 amide bonds. The minimum atomic E-state index is -0.666. The molecule has 5 aromatic rings. The first-order valence-corrected chi connectivity index (χ1v) is 10.3. The Hall–Kier alpha value is -4.27. The molecule has 33 heavy (non-hydrogen) atoms. The number of nitrogens with zero attached hydrogens (tertiary/aromatic N) is 5. The van der Waals surface area contributed by atoms with Gasteiger partial charge in [0, 0.05) is 26.5 Å². The Morgan fingerprint density at radius 1 is 1.18 bits per heavy atom. The lowest BCUT2D eigenvalue weighted by Crippen LogP contribution is -2.31. The summed E-state index contributed by atoms with van der Waals surface area (Å²) >= 11 is 0. The molecule has 0 radical (unpaired) electrons. The Bertz CT molecular complexity index is 1470. The maximum absolute atomic E-state index is 14.0. The highest BCUT2D eigenvalue weighted by molar-refractivity contribution is 6.07. The van der Waals surface area contributed by atoms with E-state index < -0.39 is 11.9 Å². The van der Waals surface area contributed by atoms with Crippen molar-refractivity contribution in [2.75, 3.05) is 0 Å². The van der Waals surface area contributed by atoms with Crippen LogP contribution in [-0.4, -0.2) is 30.2 Å². The molecule has 0 aliphatic carbocycles. The minimum absolute atomic E-state index is 0.358. The van der Waals surface area contributed by atoms with Crippen molar-refractivity contribution in [2.24, 2.45) is 14.1 Å². The van der Waals surface area contributed by atoms with E-state index in [9.17, 15) is 9.18 Å². The molecule has 9 heteroatoms. The van der Waals surface area contributed by atoms with Crippen molar-refractivity contribution in [3.05, 3.63) is 89.6 Å². The number of hydrogen-bond donors (Lipinski definition) is 1. The van der Waals surface area contributed by atoms with Gasteiger partial charge in [0.15, 0.2) is 11.4 Å². The molecule has 0 aliphatic rings. The van der Waals surface area contributed by atoms with E-state index in [1.54, 1.807) is 65.3 Å². The number of benzene rings is 1. The number of furan rings is 1. The van der Waals surface area contributed by atoms with Gasteiger partial charge >= 0.3 is 0 Å². The predicted octanol–water partition coefficient (Wildman–Crippen LogP) is 3.93. The summed E-state index contributed by atoms with van der Waals surface area (Å²) in [5, 5.41) is 8.12. The molecule has 4 aromatic heterocycles. The van der Waals surface area contributed by atoms with Gasteiger partial charge in [0.25, 0.3) is 5.91 Å². The van der Waals surface area contributed by atoms with E-state index in [1.807, 2.05) is 14.0 Å². The van der Waals surface area contributed by atoms with Crippen LogP contribution < -0.4 is 5.32 Å². The molecule has 1 N–H and O–H groups in total. The summed E-state index contributed by atoms with van der Waals surface area (Å²) in [5.74, 6) is 0.364. The zero-order valence-electron chi connectivity index (χ0n) is 18.3. The average molecular weight is 444 g/mol. The molecular formula is C24H21FN6O2. The molecule has 1 atom stereocenters. The van der Waals surface area contributed by atoms with Crippen LogP contribution in [0.5, 0.6) is 0 Å². The molecule has 0 unspecified atom stereocenters. The molecule has 0 saturated heterocycles. The molecule has 0 saturated carbocycles. The van der Waals surface area contributed by atoms with E-state index in [4.69, 9.17) is 4.42 Å². The highest BCUT2D eigenvalue weighted by atomic mass is 19.1. The summed E-state index contributed by atoms with van der Waals surface area (Å²) in [6.07, 6.45) is 4.97. The van der Waals surface area contributed by atoms with Crippen LogP contribution in [0.3, 0.4) is 0 Å². The Morgan fingerprint density at radius 2 is 2.03 bits per heavy atom. The number of amides is 1. The van der Waals surface area contributed by atoms with Gasteiger partial charge < -0.3 is 14.3 Å². The third-order valence-electron chi connectivity index (χ3n) is 5.56. The fourth-order valence-electron chi connectivity index (χ4n) is 4.02. The Labute approximate surface area is 188 Å². The lowest BCUT2D eigenvalue weighted by atomic mass is 10.0. The minimum Gasteiger partial charge on any atom is -0.463 e. The van der Waals surface area contributed by atoms with E-state index in [0.29, 0.717) is 45.1 Å². The molecule has 0 aliphatic heterocycles. The lowest BCUT2D eigenvalue weighted by Gasteiger charge is -2.20. The van der Waals surface area contributed by atoms with Gasteiger partial charge in [-0.05, 0) is 42.8 Å². The summed E-state index contributed by atoms with van der Waals surface area (Å²) in [4.78, 5) is 22.7. The maximum atomic E-state index is 14.0. The van der Waals surface area contributed by atoms with E-state index in [0.717, 1.165) is 0 Å². The molecule has 166 valence electrons. The van der Waals surface area contributed by atoms with Crippen LogP contribution in [0.15, 0.2) is 65.5 Å². The van der Waals surface area contributed by atoms with E-state index >= 15 is 0 Å². The fourth-order valence-corrected chi connectivity index (χ4v) is 4.02. The second-order valence-corrected chi connectivity index (χ2v) is 7.80. The molecule has 0 bridgehead atoms. The Morgan fingerprint density at radius 3 is 2.73 bits per heavy atom. The van der Waals surface area contributed by atoms with Crippen LogP contribution in [0.4, 0.5) is 4.39 Å². The van der Waals surface area contributed by atoms with Crippen molar-refractivity contribution in [2.45, 2.75) is 13.0 Å². The Kier molecular flexibility index (Phi) is 5.01. The van der Waals surface area contributed by atoms with Crippen molar-refractivity contribution >= 4 is 16.9 Å². The van der Waals surface area contributed by atoms with E-state index in [-0.39, 0.29) is 5.91 Å². The van der Waals surface area contributed by atoms with Gasteiger partial charge in [-0.1, -0.05) is 12.1 Å². The summed E-state index contributed by atoms with van der Waals surface area (Å²) in [6, 6.07) is 10.7. The second kappa shape index (κ2) is 8.01. The quantitative estimate of drug-likeness (QED) is 0.444. The van der Waals surface area contributed by atoms with Crippen molar-refractivity contribution in [1.29, 1.82) is 0 Å². The van der Waals surface area contributed by atoms with Gasteiger partial charge in [-0.25, -0.2) is 14.4 Å². The Balaban J connectivity index is 1.63. The summed E-state index contributed by atoms with van der Waals surface area (Å²) in [6.45, 7) is 1.83. The third-order valence-corrected chi connectivity index (χ3v) is 5.56. The van der Waals surface area contributed by atoms with Gasteiger partial charge in [0.1, 0.15) is 23.4 Å². The summed E-state index contributed by atoms with van der Waals surface area (Å²) in [7, 11) is 3.60. The molecule has 8 nitrogen and oxygen atoms in total. The number of nitrogens with one attached hydrogen (secondary N) is 1. The van der Waals surface area contributed by atoms with Crippen molar-refractivity contribution in [1.82, 2.24) is 29.6 Å². The highest BCUT2D eigenvalue weighted by Gasteiger charge is 2.25. The van der Waals surface area contributed by atoms with Crippen LogP contribution in [-0.2, 0) is 14.1 Å². The fraction of sp³-hybridized carbons (Fsp3) is 0.167. The average Bonchev–Trinajstić information content (AvgIpc) is 3.53. The van der Waals surface area contributed by atoms with Crippen molar-refractivity contribution in [3.63, 3.8) is 0 Å². The molecule has 5 rings (SSSR count). The topological polar surface area (TPSA) is 90.8 Å². The number of aromatic nitrogens is 5. The normalized spacial score (nSPS) is 12.2. The van der Waals surface area contributed by atoms with Gasteiger partial charge in [-0.2, -0.15) is 5.10 Å². The number of halogens is 1. The smallest absolute Gasteiger partial charge is 0.253 e. The zero-order valence-corrected chi connectivity index (χ0v) is 18.3. The molecule has 0 spiro atoms. The number of hydrogen-bond acceptors (Lipinski definition) is 5. The zero-order chi connectivity index (χ0) is 23.1. The van der Waals surface area contributed by atoms with Crippen molar-refractivity contribution < 1.29 is 13.6 Å². The predicted molar refractivity (Wildman–Crippen MR) is 120 cm³/mol. The van der Waals surface area contributed by atoms with Gasteiger partial charge in [0.05, 0.1) is 22.9 Å². The molecule has 1 aromatic carbocycles. The molecular weight excluding hydrogens is 423 g/mol. The summed E-state index contributed by atoms with van der Waals surface area (Å²) < 4.78 is 23.0. The van der Waals surface area contributed by atoms with Crippen LogP contribution in [0, 0.1) is 12.7 Å². The van der Waals surface area contributed by atoms with Crippen LogP contribution in [0.25, 0.3) is 22.5 Å². The van der Waals surface area contributed by atoms with Gasteiger partial charge in [-0.15, -0.1) is 0 Å². The molecule has 4 heterocycles. The number of carbonyl (C=O) groups is 1. The van der Waals surface area contributed by atoms with Crippen LogP contribution in [0.1, 0.15) is 33.5 Å². The van der Waals surface area contributed by atoms with Gasteiger partial charge in [-0.3, -0.25) is 9.48 Å². The van der Waals surface area contributed by atoms with Crippen LogP contribution >= 0.6 is 0 Å². The third kappa shape index (κ3) is 3.67. The first kappa shape index (κ1) is 20.6. The first-order chi connectivity index (χ1) is 15.9. The molecule has 0 fully saturated rings. The number of pyridine rings is 1. The SMILES string of the molecule is Cc1nn(C)c2nc(-c3ccco3)cc(C(=O)N[C@H](c3cccc(F)c3)c3nccn3C)c12. The number of rotatable bonds is 5. The number of imidazole rings is 1. The number of carbonyl (C=O) groups excluding carboxylic acids is 1. The summed E-state index contributed by atoms with van der Waals surface area (Å²) in [5.41, 5.74) is 2.73. The second-order valence-electron chi connectivity index (χ2n) is 7.80. The maximum Gasteiger partial charge on any atom is 0.253 e. The first-order valence-electron chi connectivity index (χ1n) is 10.3. The lowest BCUT2D eigenvalue weighted by molar-refractivity contribution is 0.0942. The largest absolute Gasteiger partial charge is 0.463 e. The van der Waals surface area contributed by atoms with E-state index in [1.165, 1.54) is 12.1 Å². The van der Waals surface area contributed by atoms with E-state index in [2.05, 4.69) is 20.4 Å². The monoisotopic (exact) mass is 444 g/mol. The number of aryl methyl sites for hydroxylation is 3. The highest BCUT2D eigenvalue weighted by Crippen LogP contribution is 2.28. The van der Waals surface area contributed by atoms with Crippen molar-refractivity contribution in [3.8, 4) is 11.5 Å². The number of fused-ring (bicyclic) bond motifs is 1.